The zero-order valence-electron chi connectivity index (χ0n) is 12.2. The normalized spacial score (nSPS) is 10.5. The molecule has 0 spiro atoms. The van der Waals surface area contributed by atoms with E-state index in [0.717, 1.165) is 32.4 Å². The number of aromatic nitrogens is 1. The van der Waals surface area contributed by atoms with E-state index in [9.17, 15) is 4.79 Å². The van der Waals surface area contributed by atoms with Crippen LogP contribution in [0.2, 0.25) is 0 Å². The summed E-state index contributed by atoms with van der Waals surface area (Å²) in [5.41, 5.74) is 1.21. The predicted molar refractivity (Wildman–Crippen MR) is 78.1 cm³/mol. The molecule has 0 bridgehead atoms. The number of hydrogen-bond acceptors (Lipinski definition) is 2. The number of carbonyl (C=O) groups excluding carboxylic acids is 1. The van der Waals surface area contributed by atoms with Crippen molar-refractivity contribution in [2.75, 3.05) is 13.1 Å². The first-order chi connectivity index (χ1) is 9.21. The monoisotopic (exact) mass is 263 g/mol. The number of nitrogens with zero attached hydrogens (tertiary/aromatic N) is 2. The molecule has 106 valence electrons. The maximum Gasteiger partial charge on any atom is 0.317 e. The summed E-state index contributed by atoms with van der Waals surface area (Å²) in [6, 6.07) is 4.31. The van der Waals surface area contributed by atoms with E-state index in [2.05, 4.69) is 24.1 Å². The van der Waals surface area contributed by atoms with Gasteiger partial charge in [0.2, 0.25) is 0 Å². The minimum Gasteiger partial charge on any atom is -0.335 e. The zero-order chi connectivity index (χ0) is 14.1. The summed E-state index contributed by atoms with van der Waals surface area (Å²) in [7, 11) is 0. The molecule has 0 aromatic carbocycles. The van der Waals surface area contributed by atoms with Crippen molar-refractivity contribution in [3.05, 3.63) is 30.1 Å². The molecular weight excluding hydrogens is 238 g/mol. The van der Waals surface area contributed by atoms with Gasteiger partial charge in [-0.1, -0.05) is 13.8 Å². The van der Waals surface area contributed by atoms with Gasteiger partial charge in [-0.25, -0.2) is 4.79 Å². The number of nitrogens with one attached hydrogen (secondary N) is 1. The highest BCUT2D eigenvalue weighted by molar-refractivity contribution is 5.74. The highest BCUT2D eigenvalue weighted by atomic mass is 16.2. The number of pyridine rings is 1. The smallest absolute Gasteiger partial charge is 0.317 e. The van der Waals surface area contributed by atoms with Crippen LogP contribution in [0.25, 0.3) is 0 Å². The molecular formula is C15H25N3O. The lowest BCUT2D eigenvalue weighted by molar-refractivity contribution is 0.196. The van der Waals surface area contributed by atoms with E-state index in [4.69, 9.17) is 0 Å². The standard InChI is InChI=1S/C15H25N3O/c1-4-14(5-2)17-15(19)18(6-3)12-9-13-7-10-16-11-8-13/h7-8,10-11,14H,4-6,9,12H2,1-3H3,(H,17,19). The lowest BCUT2D eigenvalue weighted by Gasteiger charge is -2.24. The van der Waals surface area contributed by atoms with Crippen molar-refractivity contribution in [1.82, 2.24) is 15.2 Å². The number of amides is 2. The van der Waals surface area contributed by atoms with Crippen LogP contribution in [0, 0.1) is 0 Å². The third-order valence-corrected chi connectivity index (χ3v) is 3.40. The lowest BCUT2D eigenvalue weighted by atomic mass is 10.2. The van der Waals surface area contributed by atoms with E-state index in [1.54, 1.807) is 12.4 Å². The van der Waals surface area contributed by atoms with Gasteiger partial charge < -0.3 is 10.2 Å². The van der Waals surface area contributed by atoms with Crippen LogP contribution in [-0.2, 0) is 6.42 Å². The lowest BCUT2D eigenvalue weighted by Crippen LogP contribution is -2.45. The fraction of sp³-hybridized carbons (Fsp3) is 0.600. The van der Waals surface area contributed by atoms with Crippen LogP contribution in [0.5, 0.6) is 0 Å². The molecule has 0 aliphatic heterocycles. The van der Waals surface area contributed by atoms with Crippen LogP contribution in [0.3, 0.4) is 0 Å². The maximum absolute atomic E-state index is 12.1. The molecule has 0 radical (unpaired) electrons. The summed E-state index contributed by atoms with van der Waals surface area (Å²) in [6.07, 6.45) is 6.40. The third kappa shape index (κ3) is 5.28. The molecule has 1 rings (SSSR count). The third-order valence-electron chi connectivity index (χ3n) is 3.40. The van der Waals surface area contributed by atoms with Gasteiger partial charge in [0, 0.05) is 31.5 Å². The number of likely N-dealkylation sites (N-methyl/N-ethyl adjacent to an activating group) is 1. The molecule has 1 aromatic heterocycles. The van der Waals surface area contributed by atoms with Crippen molar-refractivity contribution in [2.45, 2.75) is 46.1 Å². The predicted octanol–water partition coefficient (Wildman–Crippen LogP) is 2.84. The number of carbonyl (C=O) groups is 1. The molecule has 0 saturated heterocycles. The van der Waals surface area contributed by atoms with Gasteiger partial charge in [-0.2, -0.15) is 0 Å². The number of urea groups is 1. The Bertz CT molecular complexity index is 363. The van der Waals surface area contributed by atoms with Gasteiger partial charge in [0.05, 0.1) is 0 Å². The molecule has 0 aliphatic rings. The Labute approximate surface area is 116 Å². The Morgan fingerprint density at radius 1 is 1.26 bits per heavy atom. The van der Waals surface area contributed by atoms with Crippen molar-refractivity contribution in [3.8, 4) is 0 Å². The van der Waals surface area contributed by atoms with Crippen molar-refractivity contribution in [3.63, 3.8) is 0 Å². The van der Waals surface area contributed by atoms with Crippen molar-refractivity contribution in [2.24, 2.45) is 0 Å². The van der Waals surface area contributed by atoms with E-state index < -0.39 is 0 Å². The second kappa shape index (κ2) is 8.51. The maximum atomic E-state index is 12.1. The van der Waals surface area contributed by atoms with Crippen LogP contribution < -0.4 is 5.32 Å². The first kappa shape index (κ1) is 15.5. The summed E-state index contributed by atoms with van der Waals surface area (Å²) in [5, 5.41) is 3.08. The molecule has 1 N–H and O–H groups in total. The van der Waals surface area contributed by atoms with Crippen LogP contribution >= 0.6 is 0 Å². The molecule has 1 heterocycles. The average Bonchev–Trinajstić information content (AvgIpc) is 2.46. The highest BCUT2D eigenvalue weighted by Crippen LogP contribution is 2.02. The van der Waals surface area contributed by atoms with Gasteiger partial charge in [0.1, 0.15) is 0 Å². The molecule has 0 unspecified atom stereocenters. The van der Waals surface area contributed by atoms with Gasteiger partial charge in [0.25, 0.3) is 0 Å². The van der Waals surface area contributed by atoms with Gasteiger partial charge in [-0.05, 0) is 43.9 Å². The van der Waals surface area contributed by atoms with E-state index >= 15 is 0 Å². The Kier molecular flexibility index (Phi) is 6.93. The summed E-state index contributed by atoms with van der Waals surface area (Å²) in [4.78, 5) is 18.0. The van der Waals surface area contributed by atoms with Crippen molar-refractivity contribution >= 4 is 6.03 Å². The quantitative estimate of drug-likeness (QED) is 0.822. The van der Waals surface area contributed by atoms with Gasteiger partial charge in [-0.3, -0.25) is 4.98 Å². The summed E-state index contributed by atoms with van der Waals surface area (Å²) in [5.74, 6) is 0. The van der Waals surface area contributed by atoms with Gasteiger partial charge in [-0.15, -0.1) is 0 Å². The SMILES string of the molecule is CCC(CC)NC(=O)N(CC)CCc1ccncc1. The van der Waals surface area contributed by atoms with Crippen molar-refractivity contribution in [1.29, 1.82) is 0 Å². The van der Waals surface area contributed by atoms with Gasteiger partial charge in [0.15, 0.2) is 0 Å². The van der Waals surface area contributed by atoms with Crippen LogP contribution in [0.15, 0.2) is 24.5 Å². The molecule has 0 saturated carbocycles. The molecule has 1 aromatic rings. The number of rotatable bonds is 7. The first-order valence-electron chi connectivity index (χ1n) is 7.15. The summed E-state index contributed by atoms with van der Waals surface area (Å²) >= 11 is 0. The number of hydrogen-bond donors (Lipinski definition) is 1. The molecule has 0 atom stereocenters. The molecule has 19 heavy (non-hydrogen) atoms. The Balaban J connectivity index is 2.46. The van der Waals surface area contributed by atoms with E-state index in [-0.39, 0.29) is 12.1 Å². The van der Waals surface area contributed by atoms with E-state index in [0.29, 0.717) is 0 Å². The minimum atomic E-state index is 0.0465. The second-order valence-corrected chi connectivity index (χ2v) is 4.65. The van der Waals surface area contributed by atoms with E-state index in [1.807, 2.05) is 24.0 Å². The Morgan fingerprint density at radius 3 is 2.42 bits per heavy atom. The highest BCUT2D eigenvalue weighted by Gasteiger charge is 2.14. The van der Waals surface area contributed by atoms with E-state index in [1.165, 1.54) is 5.56 Å². The zero-order valence-corrected chi connectivity index (χ0v) is 12.2. The van der Waals surface area contributed by atoms with Gasteiger partial charge >= 0.3 is 6.03 Å². The molecule has 0 fully saturated rings. The molecule has 4 nitrogen and oxygen atoms in total. The largest absolute Gasteiger partial charge is 0.335 e. The Morgan fingerprint density at radius 2 is 1.89 bits per heavy atom. The topological polar surface area (TPSA) is 45.2 Å². The average molecular weight is 263 g/mol. The minimum absolute atomic E-state index is 0.0465. The van der Waals surface area contributed by atoms with Crippen LogP contribution in [0.1, 0.15) is 39.2 Å². The van der Waals surface area contributed by atoms with Crippen LogP contribution in [0.4, 0.5) is 4.79 Å². The first-order valence-corrected chi connectivity index (χ1v) is 7.15. The second-order valence-electron chi connectivity index (χ2n) is 4.65. The molecule has 2 amide bonds. The Hall–Kier alpha value is -1.58. The van der Waals surface area contributed by atoms with Crippen molar-refractivity contribution < 1.29 is 4.79 Å². The molecule has 0 aliphatic carbocycles. The van der Waals surface area contributed by atoms with Crippen LogP contribution in [-0.4, -0.2) is 35.0 Å². The fourth-order valence-corrected chi connectivity index (χ4v) is 1.98. The summed E-state index contributed by atoms with van der Waals surface area (Å²) in [6.45, 7) is 7.69. The summed E-state index contributed by atoms with van der Waals surface area (Å²) < 4.78 is 0. The molecule has 4 heteroatoms. The fourth-order valence-electron chi connectivity index (χ4n) is 1.98.